The molecule has 0 bridgehead atoms. The number of benzene rings is 2. The lowest BCUT2D eigenvalue weighted by Gasteiger charge is -2.32. The van der Waals surface area contributed by atoms with Crippen LogP contribution in [0.25, 0.3) is 11.0 Å². The van der Waals surface area contributed by atoms with Crippen LogP contribution in [0.4, 0.5) is 0 Å². The maximum Gasteiger partial charge on any atom is 0.230 e. The van der Waals surface area contributed by atoms with Crippen LogP contribution < -0.4 is 4.74 Å². The van der Waals surface area contributed by atoms with Gasteiger partial charge in [-0.25, -0.2) is 4.98 Å². The fourth-order valence-electron chi connectivity index (χ4n) is 3.31. The highest BCUT2D eigenvalue weighted by Crippen LogP contribution is 2.30. The predicted molar refractivity (Wildman–Crippen MR) is 115 cm³/mol. The largest absolute Gasteiger partial charge is 0.487 e. The Morgan fingerprint density at radius 3 is 2.59 bits per heavy atom. The van der Waals surface area contributed by atoms with Gasteiger partial charge in [-0.05, 0) is 30.8 Å². The highest BCUT2D eigenvalue weighted by molar-refractivity contribution is 6.32. The quantitative estimate of drug-likeness (QED) is 0.666. The molecule has 152 valence electrons. The van der Waals surface area contributed by atoms with E-state index in [4.69, 9.17) is 27.9 Å². The number of aromatic nitrogens is 2. The van der Waals surface area contributed by atoms with E-state index >= 15 is 0 Å². The number of H-pyrrole nitrogens is 1. The highest BCUT2D eigenvalue weighted by Gasteiger charge is 2.20. The number of amides is 1. The Hall–Kier alpha value is -2.28. The number of ether oxygens (including phenoxy) is 1. The van der Waals surface area contributed by atoms with Crippen LogP contribution >= 0.6 is 23.2 Å². The molecule has 29 heavy (non-hydrogen) atoms. The molecule has 1 aromatic heterocycles. The molecule has 0 radical (unpaired) electrons. The zero-order valence-corrected chi connectivity index (χ0v) is 17.6. The lowest BCUT2D eigenvalue weighted by Crippen LogP contribution is -2.47. The molecule has 2 aromatic carbocycles. The molecule has 1 amide bonds. The summed E-state index contributed by atoms with van der Waals surface area (Å²) in [5, 5.41) is 1.17. The van der Waals surface area contributed by atoms with Crippen LogP contribution in [0.15, 0.2) is 36.4 Å². The highest BCUT2D eigenvalue weighted by atomic mass is 35.5. The molecule has 0 aliphatic carbocycles. The molecule has 6 nitrogen and oxygen atoms in total. The van der Waals surface area contributed by atoms with Gasteiger partial charge >= 0.3 is 0 Å². The Kier molecular flexibility index (Phi) is 5.94. The first-order valence-electron chi connectivity index (χ1n) is 9.49. The van der Waals surface area contributed by atoms with Crippen molar-refractivity contribution in [2.45, 2.75) is 13.0 Å². The minimum absolute atomic E-state index is 0.0856. The molecular formula is C21H22Cl2N4O2. The van der Waals surface area contributed by atoms with E-state index in [2.05, 4.69) is 21.9 Å². The van der Waals surface area contributed by atoms with Crippen LogP contribution in [0.2, 0.25) is 10.0 Å². The number of nitrogens with zero attached hydrogens (tertiary/aromatic N) is 3. The summed E-state index contributed by atoms with van der Waals surface area (Å²) in [6.45, 7) is 3.69. The zero-order chi connectivity index (χ0) is 20.4. The predicted octanol–water partition coefficient (Wildman–Crippen LogP) is 3.77. The third-order valence-electron chi connectivity index (χ3n) is 5.07. The molecule has 0 atom stereocenters. The normalized spacial score (nSPS) is 15.1. The first kappa shape index (κ1) is 20.0. The first-order valence-corrected chi connectivity index (χ1v) is 10.3. The summed E-state index contributed by atoms with van der Waals surface area (Å²) in [6, 6.07) is 11.0. The van der Waals surface area contributed by atoms with Crippen molar-refractivity contribution in [3.8, 4) is 5.75 Å². The second-order valence-electron chi connectivity index (χ2n) is 7.26. The maximum atomic E-state index is 12.6. The zero-order valence-electron chi connectivity index (χ0n) is 16.1. The van der Waals surface area contributed by atoms with E-state index in [1.807, 2.05) is 35.2 Å². The van der Waals surface area contributed by atoms with Crippen molar-refractivity contribution >= 4 is 40.1 Å². The van der Waals surface area contributed by atoms with Crippen LogP contribution in [0, 0.1) is 0 Å². The van der Waals surface area contributed by atoms with Crippen LogP contribution in [0.5, 0.6) is 5.75 Å². The fourth-order valence-corrected chi connectivity index (χ4v) is 3.65. The van der Waals surface area contributed by atoms with E-state index < -0.39 is 0 Å². The average molecular weight is 433 g/mol. The number of aromatic amines is 1. The Morgan fingerprint density at radius 1 is 1.14 bits per heavy atom. The van der Waals surface area contributed by atoms with E-state index in [1.54, 1.807) is 6.07 Å². The molecule has 0 saturated carbocycles. The molecule has 4 rings (SSSR count). The minimum Gasteiger partial charge on any atom is -0.487 e. The Morgan fingerprint density at radius 2 is 1.86 bits per heavy atom. The van der Waals surface area contributed by atoms with Crippen LogP contribution in [-0.2, 0) is 17.8 Å². The summed E-state index contributed by atoms with van der Waals surface area (Å²) in [5.74, 6) is 1.28. The second-order valence-corrected chi connectivity index (χ2v) is 8.10. The number of rotatable bonds is 5. The lowest BCUT2D eigenvalue weighted by molar-refractivity contribution is -0.132. The van der Waals surface area contributed by atoms with Gasteiger partial charge < -0.3 is 19.5 Å². The molecule has 1 saturated heterocycles. The van der Waals surface area contributed by atoms with E-state index in [0.29, 0.717) is 28.2 Å². The van der Waals surface area contributed by atoms with Gasteiger partial charge in [-0.3, -0.25) is 4.79 Å². The van der Waals surface area contributed by atoms with Gasteiger partial charge in [-0.1, -0.05) is 35.3 Å². The Balaban J connectivity index is 1.45. The monoisotopic (exact) mass is 432 g/mol. The molecule has 1 fully saturated rings. The first-order chi connectivity index (χ1) is 14.0. The number of fused-ring (bicyclic) bond motifs is 1. The summed E-state index contributed by atoms with van der Waals surface area (Å²) >= 11 is 12.3. The number of likely N-dealkylation sites (N-methyl/N-ethyl adjacent to an activating group) is 1. The summed E-state index contributed by atoms with van der Waals surface area (Å²) < 4.78 is 5.86. The number of hydrogen-bond donors (Lipinski definition) is 1. The van der Waals surface area contributed by atoms with Crippen molar-refractivity contribution in [3.63, 3.8) is 0 Å². The SMILES string of the molecule is CN1CCN(C(=O)Cc2nc3cc(Cl)c(OCc4ccc(Cl)cc4)cc3[nH]2)CC1. The molecule has 3 aromatic rings. The average Bonchev–Trinajstić information content (AvgIpc) is 3.08. The molecule has 0 spiro atoms. The molecule has 2 heterocycles. The van der Waals surface area contributed by atoms with E-state index in [-0.39, 0.29) is 12.3 Å². The number of nitrogens with one attached hydrogen (secondary N) is 1. The summed E-state index contributed by atoms with van der Waals surface area (Å²) in [6.07, 6.45) is 0.247. The molecule has 1 aliphatic heterocycles. The number of hydrogen-bond acceptors (Lipinski definition) is 4. The van der Waals surface area contributed by atoms with Crippen molar-refractivity contribution < 1.29 is 9.53 Å². The van der Waals surface area contributed by atoms with E-state index in [9.17, 15) is 4.79 Å². The molecule has 0 unspecified atom stereocenters. The van der Waals surface area contributed by atoms with Gasteiger partial charge in [0.15, 0.2) is 0 Å². The number of piperazine rings is 1. The van der Waals surface area contributed by atoms with Crippen LogP contribution in [0.3, 0.4) is 0 Å². The van der Waals surface area contributed by atoms with Gasteiger partial charge in [0.2, 0.25) is 5.91 Å². The van der Waals surface area contributed by atoms with Gasteiger partial charge in [0.1, 0.15) is 18.2 Å². The third kappa shape index (κ3) is 4.83. The van der Waals surface area contributed by atoms with Crippen LogP contribution in [0.1, 0.15) is 11.4 Å². The van der Waals surface area contributed by atoms with Gasteiger partial charge in [-0.2, -0.15) is 0 Å². The van der Waals surface area contributed by atoms with Gasteiger partial charge in [0.05, 0.1) is 22.5 Å². The number of carbonyl (C=O) groups excluding carboxylic acids is 1. The fraction of sp³-hybridized carbons (Fsp3) is 0.333. The molecule has 1 N–H and O–H groups in total. The van der Waals surface area contributed by atoms with Crippen molar-refractivity contribution in [2.75, 3.05) is 33.2 Å². The van der Waals surface area contributed by atoms with Crippen molar-refractivity contribution in [1.82, 2.24) is 19.8 Å². The standard InChI is InChI=1S/C21H22Cl2N4O2/c1-26-6-8-27(9-7-26)21(28)12-20-24-17-10-16(23)19(11-18(17)25-20)29-13-14-2-4-15(22)5-3-14/h2-5,10-11H,6-9,12-13H2,1H3,(H,24,25). The smallest absolute Gasteiger partial charge is 0.230 e. The Labute approximate surface area is 179 Å². The number of carbonyl (C=O) groups is 1. The van der Waals surface area contributed by atoms with Gasteiger partial charge in [-0.15, -0.1) is 0 Å². The lowest BCUT2D eigenvalue weighted by atomic mass is 10.2. The van der Waals surface area contributed by atoms with Gasteiger partial charge in [0, 0.05) is 37.3 Å². The maximum absolute atomic E-state index is 12.6. The van der Waals surface area contributed by atoms with E-state index in [0.717, 1.165) is 42.8 Å². The topological polar surface area (TPSA) is 61.5 Å². The third-order valence-corrected chi connectivity index (χ3v) is 5.61. The summed E-state index contributed by atoms with van der Waals surface area (Å²) in [7, 11) is 2.07. The minimum atomic E-state index is 0.0856. The Bertz CT molecular complexity index is 1010. The van der Waals surface area contributed by atoms with Crippen molar-refractivity contribution in [3.05, 3.63) is 57.8 Å². The summed E-state index contributed by atoms with van der Waals surface area (Å²) in [4.78, 5) is 24.4. The van der Waals surface area contributed by atoms with Crippen LogP contribution in [-0.4, -0.2) is 58.9 Å². The summed E-state index contributed by atoms with van der Waals surface area (Å²) in [5.41, 5.74) is 2.50. The van der Waals surface area contributed by atoms with Crippen molar-refractivity contribution in [2.24, 2.45) is 0 Å². The number of imidazole rings is 1. The molecule has 1 aliphatic rings. The second kappa shape index (κ2) is 8.61. The molecular weight excluding hydrogens is 411 g/mol. The van der Waals surface area contributed by atoms with E-state index in [1.165, 1.54) is 0 Å². The number of halogens is 2. The van der Waals surface area contributed by atoms with Crippen molar-refractivity contribution in [1.29, 1.82) is 0 Å². The van der Waals surface area contributed by atoms with Gasteiger partial charge in [0.25, 0.3) is 0 Å². The molecule has 8 heteroatoms.